The number of sulfone groups is 1. The number of carbonyl (C=O) groups is 1. The lowest BCUT2D eigenvalue weighted by Gasteiger charge is -2.03. The van der Waals surface area contributed by atoms with Crippen LogP contribution in [-0.2, 0) is 14.6 Å². The van der Waals surface area contributed by atoms with Gasteiger partial charge in [0.05, 0.1) is 28.6 Å². The Hall–Kier alpha value is -2.60. The molecule has 0 saturated heterocycles. The predicted octanol–water partition coefficient (Wildman–Crippen LogP) is 2.80. The predicted molar refractivity (Wildman–Crippen MR) is 83.6 cm³/mol. The van der Waals surface area contributed by atoms with E-state index in [0.29, 0.717) is 16.5 Å². The summed E-state index contributed by atoms with van der Waals surface area (Å²) in [6.45, 7) is 3.33. The fraction of sp³-hybridized carbons (Fsp3) is 0.0625. The Morgan fingerprint density at radius 2 is 1.91 bits per heavy atom. The first-order valence-electron chi connectivity index (χ1n) is 6.48. The highest BCUT2D eigenvalue weighted by Crippen LogP contribution is 2.28. The molecule has 0 amide bonds. The van der Waals surface area contributed by atoms with Crippen molar-refractivity contribution >= 4 is 32.2 Å². The van der Waals surface area contributed by atoms with Crippen LogP contribution in [0.4, 0.5) is 0 Å². The van der Waals surface area contributed by atoms with Crippen LogP contribution in [-0.4, -0.2) is 25.9 Å². The molecule has 112 valence electrons. The second kappa shape index (κ2) is 4.99. The van der Waals surface area contributed by atoms with Crippen LogP contribution in [0, 0.1) is 0 Å². The van der Waals surface area contributed by atoms with E-state index in [1.807, 2.05) is 18.2 Å². The van der Waals surface area contributed by atoms with Gasteiger partial charge in [-0.05, 0) is 18.2 Å². The van der Waals surface area contributed by atoms with Crippen LogP contribution in [0.2, 0.25) is 0 Å². The highest BCUT2D eigenvalue weighted by atomic mass is 32.2. The molecule has 3 rings (SSSR count). The molecule has 0 aliphatic heterocycles. The van der Waals surface area contributed by atoms with Gasteiger partial charge in [0.2, 0.25) is 9.84 Å². The maximum Gasteiger partial charge on any atom is 0.340 e. The number of hydrogen-bond acceptors (Lipinski definition) is 4. The van der Waals surface area contributed by atoms with E-state index in [4.69, 9.17) is 4.74 Å². The molecule has 22 heavy (non-hydrogen) atoms. The summed E-state index contributed by atoms with van der Waals surface area (Å²) in [6.07, 6.45) is 1.49. The van der Waals surface area contributed by atoms with Gasteiger partial charge >= 0.3 is 5.97 Å². The first kappa shape index (κ1) is 14.3. The number of aromatic nitrogens is 1. The molecule has 0 saturated carbocycles. The topological polar surface area (TPSA) is 64.8 Å². The smallest absolute Gasteiger partial charge is 0.340 e. The van der Waals surface area contributed by atoms with E-state index < -0.39 is 15.8 Å². The third-order valence-corrected chi connectivity index (χ3v) is 4.89. The van der Waals surface area contributed by atoms with Crippen molar-refractivity contribution in [1.29, 1.82) is 0 Å². The second-order valence-corrected chi connectivity index (χ2v) is 6.61. The lowest BCUT2D eigenvalue weighted by molar-refractivity contribution is 0.0605. The van der Waals surface area contributed by atoms with Gasteiger partial charge in [0.1, 0.15) is 0 Å². The number of para-hydroxylation sites is 1. The highest BCUT2D eigenvalue weighted by Gasteiger charge is 2.20. The molecule has 3 aromatic rings. The minimum atomic E-state index is -3.55. The van der Waals surface area contributed by atoms with E-state index in [0.717, 1.165) is 10.9 Å². The molecule has 0 bridgehead atoms. The van der Waals surface area contributed by atoms with Gasteiger partial charge in [-0.25, -0.2) is 13.2 Å². The molecule has 0 atom stereocenters. The average molecular weight is 315 g/mol. The Labute approximate surface area is 127 Å². The lowest BCUT2D eigenvalue weighted by atomic mass is 10.1. The SMILES string of the molecule is C=CS(=O)(=O)c1ccc2c(C(=O)OC)c3ccccc3n2c1. The number of methoxy groups -OCH3 is 1. The Balaban J connectivity index is 2.47. The number of nitrogens with zero attached hydrogens (tertiary/aromatic N) is 1. The molecule has 0 spiro atoms. The number of carbonyl (C=O) groups excluding carboxylic acids is 1. The number of esters is 1. The van der Waals surface area contributed by atoms with Crippen molar-refractivity contribution in [3.05, 3.63) is 60.1 Å². The van der Waals surface area contributed by atoms with Crippen molar-refractivity contribution in [3.8, 4) is 0 Å². The molecule has 0 radical (unpaired) electrons. The Morgan fingerprint density at radius 3 is 2.59 bits per heavy atom. The summed E-state index contributed by atoms with van der Waals surface area (Å²) < 4.78 is 30.4. The Morgan fingerprint density at radius 1 is 1.18 bits per heavy atom. The van der Waals surface area contributed by atoms with Gasteiger partial charge in [0.15, 0.2) is 0 Å². The van der Waals surface area contributed by atoms with Crippen molar-refractivity contribution < 1.29 is 17.9 Å². The van der Waals surface area contributed by atoms with Crippen molar-refractivity contribution in [2.45, 2.75) is 4.90 Å². The fourth-order valence-electron chi connectivity index (χ4n) is 2.50. The van der Waals surface area contributed by atoms with Crippen LogP contribution in [0.15, 0.2) is 59.5 Å². The fourth-order valence-corrected chi connectivity index (χ4v) is 3.20. The van der Waals surface area contributed by atoms with Gasteiger partial charge in [-0.1, -0.05) is 24.8 Å². The lowest BCUT2D eigenvalue weighted by Crippen LogP contribution is -2.02. The largest absolute Gasteiger partial charge is 0.465 e. The Bertz CT molecular complexity index is 1020. The molecule has 1 aromatic carbocycles. The minimum Gasteiger partial charge on any atom is -0.465 e. The molecule has 0 aliphatic rings. The summed E-state index contributed by atoms with van der Waals surface area (Å²) in [7, 11) is -2.23. The van der Waals surface area contributed by atoms with E-state index in [1.54, 1.807) is 16.5 Å². The first-order valence-corrected chi connectivity index (χ1v) is 8.03. The van der Waals surface area contributed by atoms with Crippen LogP contribution in [0.1, 0.15) is 10.4 Å². The average Bonchev–Trinajstić information content (AvgIpc) is 2.88. The zero-order valence-electron chi connectivity index (χ0n) is 11.8. The van der Waals surface area contributed by atoms with Gasteiger partial charge < -0.3 is 9.14 Å². The quantitative estimate of drug-likeness (QED) is 0.697. The molecule has 0 unspecified atom stereocenters. The first-order chi connectivity index (χ1) is 10.5. The van der Waals surface area contributed by atoms with Crippen LogP contribution in [0.5, 0.6) is 0 Å². The van der Waals surface area contributed by atoms with Crippen molar-refractivity contribution in [3.63, 3.8) is 0 Å². The van der Waals surface area contributed by atoms with Gasteiger partial charge in [-0.2, -0.15) is 0 Å². The second-order valence-electron chi connectivity index (χ2n) is 4.72. The van der Waals surface area contributed by atoms with E-state index in [1.165, 1.54) is 19.4 Å². The molecule has 0 N–H and O–H groups in total. The normalized spacial score (nSPS) is 11.7. The van der Waals surface area contributed by atoms with Gasteiger partial charge in [-0.3, -0.25) is 0 Å². The van der Waals surface area contributed by atoms with Crippen molar-refractivity contribution in [2.24, 2.45) is 0 Å². The summed E-state index contributed by atoms with van der Waals surface area (Å²) in [5.41, 5.74) is 1.75. The van der Waals surface area contributed by atoms with Gasteiger partial charge in [0.25, 0.3) is 0 Å². The summed E-state index contributed by atoms with van der Waals surface area (Å²) >= 11 is 0. The van der Waals surface area contributed by atoms with Gasteiger partial charge in [-0.15, -0.1) is 0 Å². The molecule has 5 nitrogen and oxygen atoms in total. The summed E-state index contributed by atoms with van der Waals surface area (Å²) in [6, 6.07) is 10.3. The third-order valence-electron chi connectivity index (χ3n) is 3.55. The summed E-state index contributed by atoms with van der Waals surface area (Å²) in [4.78, 5) is 12.2. The standard InChI is InChI=1S/C16H13NO4S/c1-3-22(19,20)11-8-9-14-15(16(18)21-2)12-6-4-5-7-13(12)17(14)10-11/h3-10H,1H2,2H3. The molecule has 2 heterocycles. The van der Waals surface area contributed by atoms with Crippen molar-refractivity contribution in [1.82, 2.24) is 4.40 Å². The van der Waals surface area contributed by atoms with Crippen LogP contribution in [0.3, 0.4) is 0 Å². The molecular formula is C16H13NO4S. The molecule has 0 fully saturated rings. The van der Waals surface area contributed by atoms with E-state index in [9.17, 15) is 13.2 Å². The third kappa shape index (κ3) is 2.00. The number of ether oxygens (including phenoxy) is 1. The zero-order chi connectivity index (χ0) is 15.9. The zero-order valence-corrected chi connectivity index (χ0v) is 12.6. The highest BCUT2D eigenvalue weighted by molar-refractivity contribution is 7.94. The Kier molecular flexibility index (Phi) is 3.26. The number of rotatable bonds is 3. The number of pyridine rings is 1. The molecule has 0 aliphatic carbocycles. The number of fused-ring (bicyclic) bond motifs is 3. The van der Waals surface area contributed by atoms with E-state index >= 15 is 0 Å². The van der Waals surface area contributed by atoms with Crippen molar-refractivity contribution in [2.75, 3.05) is 7.11 Å². The maximum atomic E-state index is 12.1. The van der Waals surface area contributed by atoms with E-state index in [2.05, 4.69) is 6.58 Å². The summed E-state index contributed by atoms with van der Waals surface area (Å²) in [5.74, 6) is -0.460. The number of hydrogen-bond donors (Lipinski definition) is 0. The molecule has 6 heteroatoms. The van der Waals surface area contributed by atoms with Crippen LogP contribution < -0.4 is 0 Å². The molecule has 2 aromatic heterocycles. The maximum absolute atomic E-state index is 12.1. The van der Waals surface area contributed by atoms with Crippen LogP contribution in [0.25, 0.3) is 16.4 Å². The monoisotopic (exact) mass is 315 g/mol. The summed E-state index contributed by atoms with van der Waals surface area (Å²) in [5, 5.41) is 1.61. The number of benzene rings is 1. The van der Waals surface area contributed by atoms with E-state index in [-0.39, 0.29) is 4.90 Å². The minimum absolute atomic E-state index is 0.118. The van der Waals surface area contributed by atoms with Gasteiger partial charge in [0, 0.05) is 17.0 Å². The van der Waals surface area contributed by atoms with Crippen LogP contribution >= 0.6 is 0 Å². The molecular weight excluding hydrogens is 302 g/mol.